The Balaban J connectivity index is 2.52. The number of halogens is 2. The molecule has 1 atom stereocenters. The molecule has 0 spiro atoms. The molecule has 0 saturated heterocycles. The summed E-state index contributed by atoms with van der Waals surface area (Å²) >= 11 is 0. The summed E-state index contributed by atoms with van der Waals surface area (Å²) in [6, 6.07) is 5.51. The fraction of sp³-hybridized carbons (Fsp3) is 0.600. The van der Waals surface area contributed by atoms with Gasteiger partial charge in [0, 0.05) is 11.0 Å². The van der Waals surface area contributed by atoms with E-state index in [-0.39, 0.29) is 5.41 Å². The quantitative estimate of drug-likeness (QED) is 0.766. The van der Waals surface area contributed by atoms with E-state index in [1.54, 1.807) is 6.07 Å². The minimum atomic E-state index is -2.75. The third kappa shape index (κ3) is 2.00. The molecule has 1 aromatic rings. The molecule has 1 aromatic carbocycles. The van der Waals surface area contributed by atoms with E-state index in [4.69, 9.17) is 4.74 Å². The molecule has 0 saturated carbocycles. The van der Waals surface area contributed by atoms with Gasteiger partial charge in [0.1, 0.15) is 5.75 Å². The first-order chi connectivity index (χ1) is 8.51. The van der Waals surface area contributed by atoms with Crippen molar-refractivity contribution in [2.24, 2.45) is 5.92 Å². The minimum Gasteiger partial charge on any atom is -0.435 e. The first-order valence-electron chi connectivity index (χ1n) is 6.58. The van der Waals surface area contributed by atoms with Crippen molar-refractivity contribution < 1.29 is 13.5 Å². The minimum absolute atomic E-state index is 0.0131. The van der Waals surface area contributed by atoms with Gasteiger partial charge in [0.05, 0.1) is 0 Å². The van der Waals surface area contributed by atoms with Gasteiger partial charge >= 0.3 is 6.61 Å². The maximum absolute atomic E-state index is 12.5. The molecule has 0 N–H and O–H groups in total. The van der Waals surface area contributed by atoms with Gasteiger partial charge in [-0.2, -0.15) is 8.78 Å². The number of aryl methyl sites for hydroxylation is 1. The third-order valence-corrected chi connectivity index (χ3v) is 4.40. The lowest BCUT2D eigenvalue weighted by Gasteiger charge is -2.34. The molecule has 0 amide bonds. The summed E-state index contributed by atoms with van der Waals surface area (Å²) in [5, 5.41) is 0. The maximum atomic E-state index is 12.5. The molecule has 0 heterocycles. The van der Waals surface area contributed by atoms with Gasteiger partial charge < -0.3 is 4.74 Å². The van der Waals surface area contributed by atoms with Crippen molar-refractivity contribution in [3.8, 4) is 5.75 Å². The number of ether oxygens (including phenoxy) is 1. The fourth-order valence-electron chi connectivity index (χ4n) is 3.37. The highest BCUT2D eigenvalue weighted by atomic mass is 19.3. The molecule has 1 unspecified atom stereocenters. The van der Waals surface area contributed by atoms with Gasteiger partial charge in [0.2, 0.25) is 0 Å². The molecule has 2 rings (SSSR count). The van der Waals surface area contributed by atoms with Crippen molar-refractivity contribution in [1.29, 1.82) is 0 Å². The second kappa shape index (κ2) is 4.87. The predicted octanol–water partition coefficient (Wildman–Crippen LogP) is 4.54. The van der Waals surface area contributed by atoms with E-state index in [0.29, 0.717) is 11.7 Å². The first-order valence-corrected chi connectivity index (χ1v) is 6.58. The van der Waals surface area contributed by atoms with E-state index < -0.39 is 6.61 Å². The maximum Gasteiger partial charge on any atom is 0.387 e. The van der Waals surface area contributed by atoms with Crippen LogP contribution in [0.3, 0.4) is 0 Å². The summed E-state index contributed by atoms with van der Waals surface area (Å²) in [4.78, 5) is 0. The highest BCUT2D eigenvalue weighted by molar-refractivity contribution is 5.49. The molecule has 0 aliphatic heterocycles. The Hall–Kier alpha value is -1.12. The van der Waals surface area contributed by atoms with Gasteiger partial charge in [-0.1, -0.05) is 32.9 Å². The van der Waals surface area contributed by atoms with Gasteiger partial charge in [0.25, 0.3) is 0 Å². The number of hydrogen-bond donors (Lipinski definition) is 0. The van der Waals surface area contributed by atoms with Gasteiger partial charge in [-0.15, -0.1) is 0 Å². The van der Waals surface area contributed by atoms with Crippen LogP contribution in [0.1, 0.15) is 44.7 Å². The molecule has 1 nitrogen and oxygen atoms in total. The van der Waals surface area contributed by atoms with E-state index >= 15 is 0 Å². The van der Waals surface area contributed by atoms with Crippen LogP contribution < -0.4 is 4.74 Å². The Bertz CT molecular complexity index is 429. The molecule has 0 bridgehead atoms. The Kier molecular flexibility index (Phi) is 3.60. The second-order valence-corrected chi connectivity index (χ2v) is 5.33. The summed E-state index contributed by atoms with van der Waals surface area (Å²) < 4.78 is 29.8. The summed E-state index contributed by atoms with van der Waals surface area (Å²) in [5.41, 5.74) is 2.17. The summed E-state index contributed by atoms with van der Waals surface area (Å²) in [6.07, 6.45) is 2.95. The van der Waals surface area contributed by atoms with Gasteiger partial charge in [-0.25, -0.2) is 0 Å². The van der Waals surface area contributed by atoms with E-state index in [2.05, 4.69) is 20.8 Å². The van der Waals surface area contributed by atoms with E-state index in [9.17, 15) is 8.78 Å². The standard InChI is InChI=1S/C15H20F2O/c1-4-15(10(2)3)9-8-11-6-5-7-12(13(11)15)18-14(16)17/h5-7,10,14H,4,8-9H2,1-3H3. The normalized spacial score (nSPS) is 22.6. The monoisotopic (exact) mass is 254 g/mol. The number of rotatable bonds is 4. The molecule has 1 aliphatic carbocycles. The number of fused-ring (bicyclic) bond motifs is 1. The van der Waals surface area contributed by atoms with Crippen LogP contribution in [0.4, 0.5) is 8.78 Å². The lowest BCUT2D eigenvalue weighted by atomic mass is 9.70. The largest absolute Gasteiger partial charge is 0.435 e. The Morgan fingerprint density at radius 2 is 2.06 bits per heavy atom. The molecule has 1 aliphatic rings. The number of benzene rings is 1. The zero-order chi connectivity index (χ0) is 13.3. The van der Waals surface area contributed by atoms with Gasteiger partial charge in [0.15, 0.2) is 0 Å². The lowest BCUT2D eigenvalue weighted by Crippen LogP contribution is -2.29. The topological polar surface area (TPSA) is 9.23 Å². The number of alkyl halides is 2. The molecular weight excluding hydrogens is 234 g/mol. The van der Waals surface area contributed by atoms with E-state index in [1.807, 2.05) is 12.1 Å². The first kappa shape index (κ1) is 13.3. The number of hydrogen-bond acceptors (Lipinski definition) is 1. The van der Waals surface area contributed by atoms with Crippen molar-refractivity contribution in [2.45, 2.75) is 52.1 Å². The highest BCUT2D eigenvalue weighted by Gasteiger charge is 2.42. The van der Waals surface area contributed by atoms with Crippen molar-refractivity contribution >= 4 is 0 Å². The average molecular weight is 254 g/mol. The zero-order valence-corrected chi connectivity index (χ0v) is 11.2. The molecule has 0 radical (unpaired) electrons. The Labute approximate surface area is 107 Å². The van der Waals surface area contributed by atoms with Crippen molar-refractivity contribution in [3.63, 3.8) is 0 Å². The molecule has 18 heavy (non-hydrogen) atoms. The average Bonchev–Trinajstić information content (AvgIpc) is 2.69. The van der Waals surface area contributed by atoms with Crippen LogP contribution >= 0.6 is 0 Å². The van der Waals surface area contributed by atoms with Crippen LogP contribution in [0.25, 0.3) is 0 Å². The molecule has 3 heteroatoms. The van der Waals surface area contributed by atoms with E-state index in [0.717, 1.165) is 24.8 Å². The smallest absolute Gasteiger partial charge is 0.387 e. The summed E-state index contributed by atoms with van der Waals surface area (Å²) in [7, 11) is 0. The van der Waals surface area contributed by atoms with Crippen LogP contribution in [-0.4, -0.2) is 6.61 Å². The third-order valence-electron chi connectivity index (χ3n) is 4.40. The molecule has 0 aromatic heterocycles. The SMILES string of the molecule is CCC1(C(C)C)CCc2cccc(OC(F)F)c21. The van der Waals surface area contributed by atoms with Crippen LogP contribution in [0.2, 0.25) is 0 Å². The summed E-state index contributed by atoms with van der Waals surface area (Å²) in [6.45, 7) is 3.71. The molecular formula is C15H20F2O. The molecule has 0 fully saturated rings. The van der Waals surface area contributed by atoms with Crippen LogP contribution in [-0.2, 0) is 11.8 Å². The van der Waals surface area contributed by atoms with Crippen molar-refractivity contribution in [2.75, 3.05) is 0 Å². The second-order valence-electron chi connectivity index (χ2n) is 5.33. The van der Waals surface area contributed by atoms with Gasteiger partial charge in [-0.05, 0) is 36.8 Å². The zero-order valence-electron chi connectivity index (χ0n) is 11.2. The van der Waals surface area contributed by atoms with E-state index in [1.165, 1.54) is 5.56 Å². The highest BCUT2D eigenvalue weighted by Crippen LogP contribution is 2.50. The van der Waals surface area contributed by atoms with Crippen LogP contribution in [0, 0.1) is 5.92 Å². The Morgan fingerprint density at radius 3 is 2.61 bits per heavy atom. The summed E-state index contributed by atoms with van der Waals surface area (Å²) in [5.74, 6) is 0.793. The van der Waals surface area contributed by atoms with Gasteiger partial charge in [-0.3, -0.25) is 0 Å². The van der Waals surface area contributed by atoms with Crippen LogP contribution in [0.5, 0.6) is 5.75 Å². The van der Waals surface area contributed by atoms with Crippen molar-refractivity contribution in [3.05, 3.63) is 29.3 Å². The fourth-order valence-corrected chi connectivity index (χ4v) is 3.37. The van der Waals surface area contributed by atoms with Crippen molar-refractivity contribution in [1.82, 2.24) is 0 Å². The molecule has 100 valence electrons. The predicted molar refractivity (Wildman–Crippen MR) is 68.2 cm³/mol. The van der Waals surface area contributed by atoms with Crippen LogP contribution in [0.15, 0.2) is 18.2 Å². The Morgan fingerprint density at radius 1 is 1.33 bits per heavy atom. The lowest BCUT2D eigenvalue weighted by molar-refractivity contribution is -0.0512.